The van der Waals surface area contributed by atoms with Crippen LogP contribution in [0.25, 0.3) is 22.4 Å². The standard InChI is InChI=1S/C17H12N.Pt/c1-2-6-14(7-3-1)15-9-11-16(12-10-15)17-8-4-5-13-18-17;/h1-11,13H;/q-1;. The van der Waals surface area contributed by atoms with Crippen LogP contribution in [0.15, 0.2) is 72.9 Å². The van der Waals surface area contributed by atoms with Gasteiger partial charge in [-0.2, -0.15) is 0 Å². The van der Waals surface area contributed by atoms with Crippen molar-refractivity contribution in [2.24, 2.45) is 0 Å². The molecule has 0 bridgehead atoms. The van der Waals surface area contributed by atoms with Crippen molar-refractivity contribution in [2.45, 2.75) is 0 Å². The molecule has 1 nitrogen and oxygen atoms in total. The van der Waals surface area contributed by atoms with Gasteiger partial charge in [0.05, 0.1) is 0 Å². The molecule has 0 radical (unpaired) electrons. The van der Waals surface area contributed by atoms with Crippen LogP contribution < -0.4 is 0 Å². The molecule has 0 aliphatic rings. The summed E-state index contributed by atoms with van der Waals surface area (Å²) >= 11 is 0. The Morgan fingerprint density at radius 2 is 1.53 bits per heavy atom. The van der Waals surface area contributed by atoms with Crippen molar-refractivity contribution >= 4 is 0 Å². The number of rotatable bonds is 2. The van der Waals surface area contributed by atoms with E-state index >= 15 is 0 Å². The maximum absolute atomic E-state index is 4.32. The Bertz CT molecular complexity index is 560. The fraction of sp³-hybridized carbons (Fsp3) is 0. The predicted octanol–water partition coefficient (Wildman–Crippen LogP) is 4.21. The zero-order chi connectivity index (χ0) is 12.2. The Morgan fingerprint density at radius 1 is 0.737 bits per heavy atom. The molecule has 19 heavy (non-hydrogen) atoms. The first-order valence-corrected chi connectivity index (χ1v) is 5.92. The second-order valence-electron chi connectivity index (χ2n) is 4.07. The van der Waals surface area contributed by atoms with Crippen molar-refractivity contribution in [2.75, 3.05) is 0 Å². The Hall–Kier alpha value is -1.72. The molecular weight excluding hydrogens is 413 g/mol. The Morgan fingerprint density at radius 3 is 2.16 bits per heavy atom. The number of pyridine rings is 1. The molecular formula is C17H12NPt-. The molecule has 96 valence electrons. The third-order valence-corrected chi connectivity index (χ3v) is 2.86. The molecule has 0 atom stereocenters. The van der Waals surface area contributed by atoms with Gasteiger partial charge in [0.1, 0.15) is 0 Å². The number of benzene rings is 2. The SMILES string of the molecule is [Pt].[c-]1cc(-c2ccccc2)ccc1-c1ccccn1. The third-order valence-electron chi connectivity index (χ3n) is 2.86. The summed E-state index contributed by atoms with van der Waals surface area (Å²) in [6.45, 7) is 0. The van der Waals surface area contributed by atoms with Gasteiger partial charge in [-0.3, -0.25) is 0 Å². The van der Waals surface area contributed by atoms with E-state index in [9.17, 15) is 0 Å². The fourth-order valence-electron chi connectivity index (χ4n) is 1.92. The minimum absolute atomic E-state index is 0. The first-order valence-electron chi connectivity index (χ1n) is 5.92. The Labute approximate surface area is 127 Å². The molecule has 0 aliphatic carbocycles. The molecule has 1 aromatic heterocycles. The summed E-state index contributed by atoms with van der Waals surface area (Å²) in [7, 11) is 0. The first-order chi connectivity index (χ1) is 8.93. The minimum Gasteiger partial charge on any atom is -0.305 e. The van der Waals surface area contributed by atoms with Crippen molar-refractivity contribution in [3.63, 3.8) is 0 Å². The van der Waals surface area contributed by atoms with Crippen molar-refractivity contribution in [1.82, 2.24) is 4.98 Å². The van der Waals surface area contributed by atoms with Gasteiger partial charge in [-0.15, -0.1) is 29.8 Å². The van der Waals surface area contributed by atoms with Gasteiger partial charge in [0.15, 0.2) is 0 Å². The summed E-state index contributed by atoms with van der Waals surface area (Å²) in [5.74, 6) is 0. The summed E-state index contributed by atoms with van der Waals surface area (Å²) in [5.41, 5.74) is 4.36. The number of nitrogens with zero attached hydrogens (tertiary/aromatic N) is 1. The Balaban J connectivity index is 0.00000133. The van der Waals surface area contributed by atoms with Gasteiger partial charge in [-0.25, -0.2) is 0 Å². The van der Waals surface area contributed by atoms with E-state index in [1.165, 1.54) is 11.1 Å². The van der Waals surface area contributed by atoms with E-state index in [0.29, 0.717) is 0 Å². The van der Waals surface area contributed by atoms with Crippen molar-refractivity contribution in [1.29, 1.82) is 0 Å². The van der Waals surface area contributed by atoms with Crippen LogP contribution in [-0.4, -0.2) is 4.98 Å². The average molecular weight is 425 g/mol. The van der Waals surface area contributed by atoms with Crippen LogP contribution >= 0.6 is 0 Å². The second-order valence-corrected chi connectivity index (χ2v) is 4.07. The summed E-state index contributed by atoms with van der Waals surface area (Å²) in [6.07, 6.45) is 1.80. The number of hydrogen-bond acceptors (Lipinski definition) is 1. The molecule has 0 saturated carbocycles. The van der Waals surface area contributed by atoms with Gasteiger partial charge in [0, 0.05) is 27.3 Å². The molecule has 0 amide bonds. The normalized spacial score (nSPS) is 9.68. The number of aromatic nitrogens is 1. The maximum atomic E-state index is 4.32. The summed E-state index contributed by atoms with van der Waals surface area (Å²) in [6, 6.07) is 25.7. The molecule has 0 spiro atoms. The van der Waals surface area contributed by atoms with Crippen molar-refractivity contribution < 1.29 is 21.1 Å². The van der Waals surface area contributed by atoms with Crippen LogP contribution in [-0.2, 0) is 21.1 Å². The third kappa shape index (κ3) is 3.19. The van der Waals surface area contributed by atoms with Crippen LogP contribution in [0.2, 0.25) is 0 Å². The van der Waals surface area contributed by atoms with Crippen LogP contribution in [0.5, 0.6) is 0 Å². The van der Waals surface area contributed by atoms with Crippen molar-refractivity contribution in [3.05, 3.63) is 79.0 Å². The van der Waals surface area contributed by atoms with Gasteiger partial charge >= 0.3 is 0 Å². The van der Waals surface area contributed by atoms with E-state index in [-0.39, 0.29) is 21.1 Å². The summed E-state index contributed by atoms with van der Waals surface area (Å²) in [5, 5.41) is 0. The van der Waals surface area contributed by atoms with Gasteiger partial charge in [0.25, 0.3) is 0 Å². The largest absolute Gasteiger partial charge is 0.305 e. The van der Waals surface area contributed by atoms with Crippen LogP contribution in [0, 0.1) is 6.07 Å². The van der Waals surface area contributed by atoms with Crippen LogP contribution in [0.1, 0.15) is 0 Å². The zero-order valence-electron chi connectivity index (χ0n) is 10.2. The zero-order valence-corrected chi connectivity index (χ0v) is 12.5. The van der Waals surface area contributed by atoms with Gasteiger partial charge in [-0.1, -0.05) is 53.6 Å². The molecule has 0 unspecified atom stereocenters. The molecule has 0 N–H and O–H groups in total. The molecule has 0 fully saturated rings. The van der Waals surface area contributed by atoms with E-state index in [1.54, 1.807) is 6.20 Å². The molecule has 1 heterocycles. The summed E-state index contributed by atoms with van der Waals surface area (Å²) in [4.78, 5) is 4.32. The quantitative estimate of drug-likeness (QED) is 0.561. The van der Waals surface area contributed by atoms with Crippen molar-refractivity contribution in [3.8, 4) is 22.4 Å². The monoisotopic (exact) mass is 425 g/mol. The second kappa shape index (κ2) is 6.45. The van der Waals surface area contributed by atoms with Crippen LogP contribution in [0.4, 0.5) is 0 Å². The Kier molecular flexibility index (Phi) is 4.65. The van der Waals surface area contributed by atoms with E-state index in [1.807, 2.05) is 42.5 Å². The minimum atomic E-state index is 0. The number of hydrogen-bond donors (Lipinski definition) is 0. The topological polar surface area (TPSA) is 12.9 Å². The van der Waals surface area contributed by atoms with Crippen LogP contribution in [0.3, 0.4) is 0 Å². The predicted molar refractivity (Wildman–Crippen MR) is 73.9 cm³/mol. The molecule has 3 rings (SSSR count). The average Bonchev–Trinajstić information content (AvgIpc) is 2.49. The van der Waals surface area contributed by atoms with Gasteiger partial charge in [0.2, 0.25) is 0 Å². The van der Waals surface area contributed by atoms with E-state index in [4.69, 9.17) is 0 Å². The van der Waals surface area contributed by atoms with E-state index in [2.05, 4.69) is 35.3 Å². The van der Waals surface area contributed by atoms with Gasteiger partial charge < -0.3 is 4.98 Å². The first kappa shape index (κ1) is 13.7. The smallest absolute Gasteiger partial charge is 0.0160 e. The fourth-order valence-corrected chi connectivity index (χ4v) is 1.92. The summed E-state index contributed by atoms with van der Waals surface area (Å²) < 4.78 is 0. The molecule has 3 aromatic rings. The maximum Gasteiger partial charge on any atom is 0.0160 e. The molecule has 0 aliphatic heterocycles. The van der Waals surface area contributed by atoms with E-state index < -0.39 is 0 Å². The van der Waals surface area contributed by atoms with Gasteiger partial charge in [-0.05, 0) is 11.8 Å². The molecule has 2 aromatic carbocycles. The molecule has 2 heteroatoms. The molecule has 0 saturated heterocycles. The van der Waals surface area contributed by atoms with E-state index in [0.717, 1.165) is 11.3 Å².